The number of nitrogens with zero attached hydrogens (tertiary/aromatic N) is 1. The SMILES string of the molecule is CCCNc1c(N)n(-c2ccc(Cl)cc2)c(=O)[nH]c1=O. The zero-order valence-electron chi connectivity index (χ0n) is 10.9. The lowest BCUT2D eigenvalue weighted by Gasteiger charge is -2.13. The summed E-state index contributed by atoms with van der Waals surface area (Å²) in [7, 11) is 0. The topological polar surface area (TPSA) is 92.9 Å². The van der Waals surface area contributed by atoms with Crippen LogP contribution in [0, 0.1) is 0 Å². The second-order valence-corrected chi connectivity index (χ2v) is 4.69. The van der Waals surface area contributed by atoms with Crippen LogP contribution in [0.1, 0.15) is 13.3 Å². The van der Waals surface area contributed by atoms with Crippen LogP contribution in [-0.2, 0) is 0 Å². The first-order valence-corrected chi connectivity index (χ1v) is 6.57. The number of aromatic nitrogens is 2. The third-order valence-corrected chi connectivity index (χ3v) is 3.04. The van der Waals surface area contributed by atoms with E-state index in [1.165, 1.54) is 4.57 Å². The van der Waals surface area contributed by atoms with Crippen LogP contribution in [0.2, 0.25) is 5.02 Å². The van der Waals surface area contributed by atoms with E-state index in [1.54, 1.807) is 24.3 Å². The second-order valence-electron chi connectivity index (χ2n) is 4.26. The van der Waals surface area contributed by atoms with Gasteiger partial charge >= 0.3 is 5.69 Å². The lowest BCUT2D eigenvalue weighted by molar-refractivity contribution is 0.897. The van der Waals surface area contributed by atoms with Crippen LogP contribution in [0.4, 0.5) is 11.5 Å². The predicted octanol–water partition coefficient (Wildman–Crippen LogP) is 1.58. The molecule has 1 heterocycles. The summed E-state index contributed by atoms with van der Waals surface area (Å²) in [5.74, 6) is 0.0783. The number of H-pyrrole nitrogens is 1. The number of hydrogen-bond donors (Lipinski definition) is 3. The van der Waals surface area contributed by atoms with Gasteiger partial charge in [-0.15, -0.1) is 0 Å². The largest absolute Gasteiger partial charge is 0.383 e. The van der Waals surface area contributed by atoms with Crippen molar-refractivity contribution in [2.24, 2.45) is 0 Å². The molecule has 2 aromatic rings. The normalized spacial score (nSPS) is 10.5. The van der Waals surface area contributed by atoms with Crippen LogP contribution >= 0.6 is 11.6 Å². The highest BCUT2D eigenvalue weighted by atomic mass is 35.5. The Hall–Kier alpha value is -2.21. The predicted molar refractivity (Wildman–Crippen MR) is 80.9 cm³/mol. The number of nitrogens with one attached hydrogen (secondary N) is 2. The molecule has 1 aromatic heterocycles. The summed E-state index contributed by atoms with van der Waals surface area (Å²) < 4.78 is 1.23. The number of halogens is 1. The Morgan fingerprint density at radius 1 is 1.30 bits per heavy atom. The molecule has 0 saturated heterocycles. The smallest absolute Gasteiger partial charge is 0.334 e. The van der Waals surface area contributed by atoms with Gasteiger partial charge in [-0.05, 0) is 30.7 Å². The summed E-state index contributed by atoms with van der Waals surface area (Å²) in [5.41, 5.74) is 5.57. The fraction of sp³-hybridized carbons (Fsp3) is 0.231. The maximum absolute atomic E-state index is 11.9. The molecule has 7 heteroatoms. The number of benzene rings is 1. The highest BCUT2D eigenvalue weighted by molar-refractivity contribution is 6.30. The highest BCUT2D eigenvalue weighted by Crippen LogP contribution is 2.17. The number of nitrogen functional groups attached to an aromatic ring is 1. The Morgan fingerprint density at radius 3 is 2.55 bits per heavy atom. The van der Waals surface area contributed by atoms with Crippen LogP contribution in [-0.4, -0.2) is 16.1 Å². The van der Waals surface area contributed by atoms with Gasteiger partial charge in [0.05, 0.1) is 5.69 Å². The van der Waals surface area contributed by atoms with Crippen LogP contribution in [0.25, 0.3) is 5.69 Å². The third-order valence-electron chi connectivity index (χ3n) is 2.78. The molecule has 0 aliphatic heterocycles. The van der Waals surface area contributed by atoms with E-state index in [0.717, 1.165) is 6.42 Å². The Labute approximate surface area is 120 Å². The van der Waals surface area contributed by atoms with Crippen LogP contribution < -0.4 is 22.3 Å². The fourth-order valence-electron chi connectivity index (χ4n) is 1.82. The fourth-order valence-corrected chi connectivity index (χ4v) is 1.95. The van der Waals surface area contributed by atoms with Crippen molar-refractivity contribution in [1.29, 1.82) is 0 Å². The summed E-state index contributed by atoms with van der Waals surface area (Å²) in [5, 5.41) is 3.48. The van der Waals surface area contributed by atoms with Gasteiger partial charge in [0.25, 0.3) is 5.56 Å². The minimum Gasteiger partial charge on any atom is -0.383 e. The van der Waals surface area contributed by atoms with Crippen molar-refractivity contribution >= 4 is 23.1 Å². The first kappa shape index (κ1) is 14.2. The van der Waals surface area contributed by atoms with Crippen molar-refractivity contribution < 1.29 is 0 Å². The molecule has 0 radical (unpaired) electrons. The summed E-state index contributed by atoms with van der Waals surface area (Å²) in [6, 6.07) is 6.60. The minimum atomic E-state index is -0.586. The van der Waals surface area contributed by atoms with Gasteiger partial charge in [-0.2, -0.15) is 0 Å². The molecule has 4 N–H and O–H groups in total. The first-order chi connectivity index (χ1) is 9.54. The summed E-state index contributed by atoms with van der Waals surface area (Å²) >= 11 is 5.81. The van der Waals surface area contributed by atoms with Gasteiger partial charge < -0.3 is 11.1 Å². The molecule has 0 atom stereocenters. The molecule has 20 heavy (non-hydrogen) atoms. The van der Waals surface area contributed by atoms with Gasteiger partial charge in [0.15, 0.2) is 0 Å². The van der Waals surface area contributed by atoms with Crippen molar-refractivity contribution in [2.45, 2.75) is 13.3 Å². The number of rotatable bonds is 4. The van der Waals surface area contributed by atoms with E-state index in [-0.39, 0.29) is 11.5 Å². The lowest BCUT2D eigenvalue weighted by atomic mass is 10.3. The van der Waals surface area contributed by atoms with E-state index < -0.39 is 11.2 Å². The molecule has 0 amide bonds. The molecule has 106 valence electrons. The number of aromatic amines is 1. The van der Waals surface area contributed by atoms with Crippen LogP contribution in [0.15, 0.2) is 33.9 Å². The minimum absolute atomic E-state index is 0.0783. The van der Waals surface area contributed by atoms with Gasteiger partial charge in [-0.1, -0.05) is 18.5 Å². The van der Waals surface area contributed by atoms with E-state index in [9.17, 15) is 9.59 Å². The van der Waals surface area contributed by atoms with E-state index in [2.05, 4.69) is 10.3 Å². The van der Waals surface area contributed by atoms with Crippen molar-refractivity contribution in [2.75, 3.05) is 17.6 Å². The maximum atomic E-state index is 11.9. The Morgan fingerprint density at radius 2 is 1.95 bits per heavy atom. The number of hydrogen-bond acceptors (Lipinski definition) is 4. The van der Waals surface area contributed by atoms with Gasteiger partial charge in [0, 0.05) is 11.6 Å². The Kier molecular flexibility index (Phi) is 4.14. The van der Waals surface area contributed by atoms with Gasteiger partial charge in [-0.25, -0.2) is 9.36 Å². The first-order valence-electron chi connectivity index (χ1n) is 6.19. The average molecular weight is 295 g/mol. The van der Waals surface area contributed by atoms with Crippen molar-refractivity contribution in [3.05, 3.63) is 50.1 Å². The molecule has 0 unspecified atom stereocenters. The lowest BCUT2D eigenvalue weighted by Crippen LogP contribution is -2.33. The summed E-state index contributed by atoms with van der Waals surface area (Å²) in [6.45, 7) is 2.55. The molecule has 0 bridgehead atoms. The molecule has 0 spiro atoms. The monoisotopic (exact) mass is 294 g/mol. The van der Waals surface area contributed by atoms with Crippen LogP contribution in [0.5, 0.6) is 0 Å². The van der Waals surface area contributed by atoms with E-state index in [4.69, 9.17) is 17.3 Å². The van der Waals surface area contributed by atoms with Gasteiger partial charge in [0.1, 0.15) is 11.5 Å². The molecule has 0 aliphatic carbocycles. The highest BCUT2D eigenvalue weighted by Gasteiger charge is 2.12. The van der Waals surface area contributed by atoms with E-state index in [1.807, 2.05) is 6.92 Å². The van der Waals surface area contributed by atoms with Crippen molar-refractivity contribution in [1.82, 2.24) is 9.55 Å². The van der Waals surface area contributed by atoms with Crippen LogP contribution in [0.3, 0.4) is 0 Å². The Balaban J connectivity index is 2.61. The maximum Gasteiger partial charge on any atom is 0.334 e. The third kappa shape index (κ3) is 2.70. The molecule has 2 rings (SSSR count). The average Bonchev–Trinajstić information content (AvgIpc) is 2.40. The van der Waals surface area contributed by atoms with Gasteiger partial charge in [-0.3, -0.25) is 9.78 Å². The molecule has 0 fully saturated rings. The molecule has 6 nitrogen and oxygen atoms in total. The van der Waals surface area contributed by atoms with Gasteiger partial charge in [0.2, 0.25) is 0 Å². The molecular formula is C13H15ClN4O2. The zero-order chi connectivity index (χ0) is 14.7. The van der Waals surface area contributed by atoms with E-state index >= 15 is 0 Å². The Bertz CT molecular complexity index is 719. The molecule has 1 aromatic carbocycles. The molecule has 0 saturated carbocycles. The summed E-state index contributed by atoms with van der Waals surface area (Å²) in [6.07, 6.45) is 0.832. The number of nitrogens with two attached hydrogens (primary N) is 1. The van der Waals surface area contributed by atoms with Crippen molar-refractivity contribution in [3.8, 4) is 5.69 Å². The van der Waals surface area contributed by atoms with E-state index in [0.29, 0.717) is 17.3 Å². The second kappa shape index (κ2) is 5.83. The summed E-state index contributed by atoms with van der Waals surface area (Å²) in [4.78, 5) is 26.0. The molecule has 0 aliphatic rings. The van der Waals surface area contributed by atoms with Crippen molar-refractivity contribution in [3.63, 3.8) is 0 Å². The quantitative estimate of drug-likeness (QED) is 0.798. The zero-order valence-corrected chi connectivity index (χ0v) is 11.7. The number of anilines is 2. The standard InChI is InChI=1S/C13H15ClN4O2/c1-2-7-16-10-11(15)18(13(20)17-12(10)19)9-5-3-8(14)4-6-9/h3-6,16H,2,7,15H2,1H3,(H,17,19,20). The molecular weight excluding hydrogens is 280 g/mol.